The summed E-state index contributed by atoms with van der Waals surface area (Å²) >= 11 is 0. The first-order valence-corrected chi connectivity index (χ1v) is 11.3. The first kappa shape index (κ1) is 21.9. The van der Waals surface area contributed by atoms with Crippen LogP contribution in [0.15, 0.2) is 72.8 Å². The number of carbonyl (C=O) groups excluding carboxylic acids is 1. The number of amides is 1. The van der Waals surface area contributed by atoms with Crippen molar-refractivity contribution in [3.05, 3.63) is 95.1 Å². The SMILES string of the molecule is CCN1CCCC1CNC(=O)c1ccccc1C(c1ccc(O)cc1)c1ccc(O)cc1. The molecule has 0 spiro atoms. The van der Waals surface area contributed by atoms with E-state index in [-0.39, 0.29) is 23.3 Å². The predicted molar refractivity (Wildman–Crippen MR) is 126 cm³/mol. The van der Waals surface area contributed by atoms with Gasteiger partial charge in [-0.2, -0.15) is 0 Å². The largest absolute Gasteiger partial charge is 0.508 e. The summed E-state index contributed by atoms with van der Waals surface area (Å²) in [5, 5.41) is 22.7. The van der Waals surface area contributed by atoms with Crippen LogP contribution in [0.4, 0.5) is 0 Å². The number of likely N-dealkylation sites (N-methyl/N-ethyl adjacent to an activating group) is 1. The number of nitrogens with zero attached hydrogens (tertiary/aromatic N) is 1. The first-order chi connectivity index (χ1) is 15.6. The normalized spacial score (nSPS) is 16.4. The summed E-state index contributed by atoms with van der Waals surface area (Å²) in [5.74, 6) is 0.102. The molecule has 4 rings (SSSR count). The highest BCUT2D eigenvalue weighted by Gasteiger charge is 2.26. The second kappa shape index (κ2) is 9.88. The Balaban J connectivity index is 1.67. The maximum Gasteiger partial charge on any atom is 0.251 e. The Bertz CT molecular complexity index is 1000. The molecule has 1 aliphatic rings. The number of rotatable bonds is 7. The molecule has 166 valence electrons. The van der Waals surface area contributed by atoms with Crippen molar-refractivity contribution in [2.75, 3.05) is 19.6 Å². The lowest BCUT2D eigenvalue weighted by atomic mass is 9.82. The summed E-state index contributed by atoms with van der Waals surface area (Å²) in [6.45, 7) is 4.90. The zero-order valence-corrected chi connectivity index (χ0v) is 18.4. The summed E-state index contributed by atoms with van der Waals surface area (Å²) in [4.78, 5) is 15.7. The number of aromatic hydroxyl groups is 2. The highest BCUT2D eigenvalue weighted by Crippen LogP contribution is 2.35. The zero-order chi connectivity index (χ0) is 22.5. The van der Waals surface area contributed by atoms with Crippen molar-refractivity contribution in [3.63, 3.8) is 0 Å². The molecule has 5 nitrogen and oxygen atoms in total. The Morgan fingerprint density at radius 3 is 2.16 bits per heavy atom. The van der Waals surface area contributed by atoms with E-state index in [1.54, 1.807) is 24.3 Å². The standard InChI is InChI=1S/C27H30N2O3/c1-2-29-17-5-6-21(29)18-28-27(32)25-8-4-3-7-24(25)26(19-9-13-22(30)14-10-19)20-11-15-23(31)16-12-20/h3-4,7-16,21,26,30-31H,2,5-6,17-18H2,1H3,(H,28,32). The van der Waals surface area contributed by atoms with E-state index in [4.69, 9.17) is 0 Å². The Morgan fingerprint density at radius 1 is 0.969 bits per heavy atom. The fourth-order valence-electron chi connectivity index (χ4n) is 4.69. The van der Waals surface area contributed by atoms with Crippen molar-refractivity contribution in [1.82, 2.24) is 10.2 Å². The molecule has 0 aromatic heterocycles. The molecule has 1 aliphatic heterocycles. The molecule has 1 atom stereocenters. The average Bonchev–Trinajstić information content (AvgIpc) is 3.28. The van der Waals surface area contributed by atoms with Gasteiger partial charge in [0.05, 0.1) is 0 Å². The van der Waals surface area contributed by atoms with Crippen LogP contribution in [0.5, 0.6) is 11.5 Å². The summed E-state index contributed by atoms with van der Waals surface area (Å²) in [6.07, 6.45) is 2.29. The first-order valence-electron chi connectivity index (χ1n) is 11.3. The number of benzene rings is 3. The number of likely N-dealkylation sites (tertiary alicyclic amines) is 1. The van der Waals surface area contributed by atoms with Crippen LogP contribution < -0.4 is 5.32 Å². The monoisotopic (exact) mass is 430 g/mol. The average molecular weight is 431 g/mol. The van der Waals surface area contributed by atoms with E-state index < -0.39 is 0 Å². The van der Waals surface area contributed by atoms with Crippen molar-refractivity contribution in [2.45, 2.75) is 31.7 Å². The Kier molecular flexibility index (Phi) is 6.76. The number of nitrogens with one attached hydrogen (secondary N) is 1. The summed E-state index contributed by atoms with van der Waals surface area (Å²) < 4.78 is 0. The lowest BCUT2D eigenvalue weighted by Gasteiger charge is -2.24. The lowest BCUT2D eigenvalue weighted by molar-refractivity contribution is 0.0940. The molecule has 1 unspecified atom stereocenters. The van der Waals surface area contributed by atoms with Crippen molar-refractivity contribution in [1.29, 1.82) is 0 Å². The quantitative estimate of drug-likeness (QED) is 0.483. The van der Waals surface area contributed by atoms with Crippen LogP contribution in [0, 0.1) is 0 Å². The van der Waals surface area contributed by atoms with Gasteiger partial charge in [0.1, 0.15) is 11.5 Å². The van der Waals surface area contributed by atoms with Gasteiger partial charge in [0, 0.05) is 24.1 Å². The molecule has 3 aromatic rings. The molecule has 0 aliphatic carbocycles. The lowest BCUT2D eigenvalue weighted by Crippen LogP contribution is -2.40. The van der Waals surface area contributed by atoms with Crippen LogP contribution in [-0.4, -0.2) is 46.7 Å². The molecule has 1 heterocycles. The minimum absolute atomic E-state index is 0.0777. The number of hydrogen-bond acceptors (Lipinski definition) is 4. The molecule has 0 radical (unpaired) electrons. The van der Waals surface area contributed by atoms with Gasteiger partial charge in [0.2, 0.25) is 0 Å². The fraction of sp³-hybridized carbons (Fsp3) is 0.296. The Hall–Kier alpha value is -3.31. The van der Waals surface area contributed by atoms with E-state index in [1.807, 2.05) is 48.5 Å². The molecule has 1 fully saturated rings. The highest BCUT2D eigenvalue weighted by atomic mass is 16.3. The summed E-state index contributed by atoms with van der Waals surface area (Å²) in [6, 6.07) is 22.2. The zero-order valence-electron chi connectivity index (χ0n) is 18.4. The van der Waals surface area contributed by atoms with Crippen molar-refractivity contribution in [3.8, 4) is 11.5 Å². The van der Waals surface area contributed by atoms with E-state index in [9.17, 15) is 15.0 Å². The summed E-state index contributed by atoms with van der Waals surface area (Å²) in [5.41, 5.74) is 3.45. The number of hydrogen-bond donors (Lipinski definition) is 3. The second-order valence-electron chi connectivity index (χ2n) is 8.34. The maximum absolute atomic E-state index is 13.3. The molecular weight excluding hydrogens is 400 g/mol. The van der Waals surface area contributed by atoms with Crippen LogP contribution in [0.25, 0.3) is 0 Å². The smallest absolute Gasteiger partial charge is 0.251 e. The minimum atomic E-state index is -0.211. The molecule has 0 bridgehead atoms. The van der Waals surface area contributed by atoms with Crippen LogP contribution in [0.2, 0.25) is 0 Å². The van der Waals surface area contributed by atoms with Gasteiger partial charge in [-0.3, -0.25) is 9.69 Å². The predicted octanol–water partition coefficient (Wildman–Crippen LogP) is 4.49. The van der Waals surface area contributed by atoms with Crippen LogP contribution in [-0.2, 0) is 0 Å². The van der Waals surface area contributed by atoms with Gasteiger partial charge in [0.15, 0.2) is 0 Å². The second-order valence-corrected chi connectivity index (χ2v) is 8.34. The van der Waals surface area contributed by atoms with Crippen molar-refractivity contribution in [2.24, 2.45) is 0 Å². The molecule has 32 heavy (non-hydrogen) atoms. The molecule has 1 amide bonds. The molecule has 3 aromatic carbocycles. The molecule has 1 saturated heterocycles. The van der Waals surface area contributed by atoms with Gasteiger partial charge in [-0.25, -0.2) is 0 Å². The molecular formula is C27H30N2O3. The minimum Gasteiger partial charge on any atom is -0.508 e. The number of carbonyl (C=O) groups is 1. The Morgan fingerprint density at radius 2 is 1.56 bits per heavy atom. The van der Waals surface area contributed by atoms with Gasteiger partial charge in [-0.15, -0.1) is 0 Å². The number of phenolic OH excluding ortho intramolecular Hbond substituents is 2. The van der Waals surface area contributed by atoms with E-state index in [1.165, 1.54) is 6.42 Å². The highest BCUT2D eigenvalue weighted by molar-refractivity contribution is 5.96. The van der Waals surface area contributed by atoms with E-state index >= 15 is 0 Å². The van der Waals surface area contributed by atoms with E-state index in [2.05, 4.69) is 17.1 Å². The maximum atomic E-state index is 13.3. The fourth-order valence-corrected chi connectivity index (χ4v) is 4.69. The third-order valence-electron chi connectivity index (χ3n) is 6.37. The van der Waals surface area contributed by atoms with Crippen molar-refractivity contribution < 1.29 is 15.0 Å². The third kappa shape index (κ3) is 4.78. The van der Waals surface area contributed by atoms with Gasteiger partial charge < -0.3 is 15.5 Å². The van der Waals surface area contributed by atoms with E-state index in [0.29, 0.717) is 18.2 Å². The third-order valence-corrected chi connectivity index (χ3v) is 6.37. The van der Waals surface area contributed by atoms with Gasteiger partial charge >= 0.3 is 0 Å². The van der Waals surface area contributed by atoms with Crippen molar-refractivity contribution >= 4 is 5.91 Å². The van der Waals surface area contributed by atoms with Crippen LogP contribution >= 0.6 is 0 Å². The van der Waals surface area contributed by atoms with Gasteiger partial charge in [0.25, 0.3) is 5.91 Å². The van der Waals surface area contributed by atoms with Crippen LogP contribution in [0.1, 0.15) is 52.7 Å². The molecule has 0 saturated carbocycles. The van der Waals surface area contributed by atoms with E-state index in [0.717, 1.165) is 36.2 Å². The number of phenols is 2. The van der Waals surface area contributed by atoms with Crippen LogP contribution in [0.3, 0.4) is 0 Å². The summed E-state index contributed by atoms with van der Waals surface area (Å²) in [7, 11) is 0. The molecule has 5 heteroatoms. The molecule has 3 N–H and O–H groups in total. The topological polar surface area (TPSA) is 72.8 Å². The Labute approximate surface area is 189 Å². The van der Waals surface area contributed by atoms with Gasteiger partial charge in [-0.05, 0) is 73.0 Å². The van der Waals surface area contributed by atoms with Gasteiger partial charge in [-0.1, -0.05) is 49.4 Å².